The third kappa shape index (κ3) is 3.74. The van der Waals surface area contributed by atoms with Crippen LogP contribution in [0.4, 0.5) is 0 Å². The van der Waals surface area contributed by atoms with E-state index in [0.29, 0.717) is 24.0 Å². The van der Waals surface area contributed by atoms with Crippen LogP contribution < -0.4 is 0 Å². The highest BCUT2D eigenvalue weighted by Crippen LogP contribution is 2.38. The lowest BCUT2D eigenvalue weighted by Gasteiger charge is -2.41. The van der Waals surface area contributed by atoms with E-state index < -0.39 is 5.60 Å². The maximum absolute atomic E-state index is 10.1. The summed E-state index contributed by atoms with van der Waals surface area (Å²) in [6, 6.07) is 0. The zero-order chi connectivity index (χ0) is 12.3. The molecule has 0 aromatic carbocycles. The van der Waals surface area contributed by atoms with Gasteiger partial charge >= 0.3 is 0 Å². The predicted molar refractivity (Wildman–Crippen MR) is 67.4 cm³/mol. The fourth-order valence-corrected chi connectivity index (χ4v) is 2.94. The highest BCUT2D eigenvalue weighted by molar-refractivity contribution is 4.87. The van der Waals surface area contributed by atoms with Crippen molar-refractivity contribution < 1.29 is 9.84 Å². The van der Waals surface area contributed by atoms with Gasteiger partial charge in [-0.1, -0.05) is 13.8 Å². The van der Waals surface area contributed by atoms with Gasteiger partial charge in [-0.3, -0.25) is 0 Å². The summed E-state index contributed by atoms with van der Waals surface area (Å²) in [5, 5.41) is 10.1. The molecular formula is C14H28O2. The summed E-state index contributed by atoms with van der Waals surface area (Å²) in [5.41, 5.74) is -0.541. The maximum atomic E-state index is 10.1. The first-order valence-corrected chi connectivity index (χ1v) is 6.72. The van der Waals surface area contributed by atoms with E-state index in [-0.39, 0.29) is 0 Å². The molecule has 4 atom stereocenters. The Balaban J connectivity index is 2.45. The van der Waals surface area contributed by atoms with E-state index in [1.165, 1.54) is 0 Å². The van der Waals surface area contributed by atoms with Crippen LogP contribution in [0, 0.1) is 11.8 Å². The Morgan fingerprint density at radius 2 is 2.00 bits per heavy atom. The average Bonchev–Trinajstić information content (AvgIpc) is 2.15. The highest BCUT2D eigenvalue weighted by atomic mass is 16.5. The third-order valence-corrected chi connectivity index (χ3v) is 4.03. The molecule has 0 radical (unpaired) electrons. The summed E-state index contributed by atoms with van der Waals surface area (Å²) in [7, 11) is 0. The fraction of sp³-hybridized carbons (Fsp3) is 1.00. The van der Waals surface area contributed by atoms with Crippen LogP contribution in [0.1, 0.15) is 60.3 Å². The fourth-order valence-electron chi connectivity index (χ4n) is 2.94. The molecule has 0 amide bonds. The van der Waals surface area contributed by atoms with Crippen molar-refractivity contribution in [2.24, 2.45) is 11.8 Å². The zero-order valence-corrected chi connectivity index (χ0v) is 11.5. The Labute approximate surface area is 100 Å². The van der Waals surface area contributed by atoms with E-state index in [1.54, 1.807) is 0 Å². The normalized spacial score (nSPS) is 33.8. The lowest BCUT2D eigenvalue weighted by molar-refractivity contribution is -0.0815. The van der Waals surface area contributed by atoms with Crippen LogP contribution in [0.2, 0.25) is 0 Å². The Morgan fingerprint density at radius 3 is 2.44 bits per heavy atom. The van der Waals surface area contributed by atoms with Crippen LogP contribution >= 0.6 is 0 Å². The molecule has 1 aliphatic carbocycles. The summed E-state index contributed by atoms with van der Waals surface area (Å²) >= 11 is 0. The van der Waals surface area contributed by atoms with Gasteiger partial charge in [-0.2, -0.15) is 0 Å². The second-order valence-electron chi connectivity index (χ2n) is 6.03. The monoisotopic (exact) mass is 228 g/mol. The molecule has 16 heavy (non-hydrogen) atoms. The molecule has 0 spiro atoms. The molecule has 1 saturated carbocycles. The van der Waals surface area contributed by atoms with Crippen LogP contribution in [0.15, 0.2) is 0 Å². The standard InChI is InChI=1S/C14H28O2/c1-6-11(3)16-12-7-8-13(10(2)9-12)14(4,5)15/h10-13,15H,6-9H2,1-5H3. The van der Waals surface area contributed by atoms with Crippen LogP contribution in [0.25, 0.3) is 0 Å². The molecule has 96 valence electrons. The van der Waals surface area contributed by atoms with E-state index in [9.17, 15) is 5.11 Å². The number of rotatable bonds is 4. The van der Waals surface area contributed by atoms with Crippen LogP contribution in [0.3, 0.4) is 0 Å². The topological polar surface area (TPSA) is 29.5 Å². The van der Waals surface area contributed by atoms with E-state index in [1.807, 2.05) is 13.8 Å². The second-order valence-corrected chi connectivity index (χ2v) is 6.03. The van der Waals surface area contributed by atoms with Crippen molar-refractivity contribution in [1.29, 1.82) is 0 Å². The van der Waals surface area contributed by atoms with Gasteiger partial charge in [0.05, 0.1) is 17.8 Å². The molecule has 0 aromatic heterocycles. The number of hydrogen-bond donors (Lipinski definition) is 1. The summed E-state index contributed by atoms with van der Waals surface area (Å²) in [6.07, 6.45) is 5.15. The van der Waals surface area contributed by atoms with Crippen molar-refractivity contribution in [3.63, 3.8) is 0 Å². The lowest BCUT2D eigenvalue weighted by Crippen LogP contribution is -2.41. The minimum atomic E-state index is -0.541. The van der Waals surface area contributed by atoms with E-state index in [0.717, 1.165) is 25.7 Å². The molecule has 0 aromatic rings. The average molecular weight is 228 g/mol. The molecule has 0 bridgehead atoms. The minimum Gasteiger partial charge on any atom is -0.390 e. The van der Waals surface area contributed by atoms with Gasteiger partial charge in [-0.25, -0.2) is 0 Å². The molecule has 1 aliphatic rings. The van der Waals surface area contributed by atoms with E-state index >= 15 is 0 Å². The summed E-state index contributed by atoms with van der Waals surface area (Å²) in [5.74, 6) is 0.979. The number of hydrogen-bond acceptors (Lipinski definition) is 2. The van der Waals surface area contributed by atoms with Crippen molar-refractivity contribution in [2.45, 2.75) is 78.1 Å². The Hall–Kier alpha value is -0.0800. The molecule has 4 unspecified atom stereocenters. The van der Waals surface area contributed by atoms with Gasteiger partial charge < -0.3 is 9.84 Å². The highest BCUT2D eigenvalue weighted by Gasteiger charge is 2.36. The van der Waals surface area contributed by atoms with Gasteiger partial charge in [0, 0.05) is 0 Å². The second kappa shape index (κ2) is 5.50. The smallest absolute Gasteiger partial charge is 0.0622 e. The Morgan fingerprint density at radius 1 is 1.38 bits per heavy atom. The summed E-state index contributed by atoms with van der Waals surface area (Å²) < 4.78 is 5.99. The van der Waals surface area contributed by atoms with Gasteiger partial charge in [0.15, 0.2) is 0 Å². The van der Waals surface area contributed by atoms with Crippen LogP contribution in [0.5, 0.6) is 0 Å². The molecule has 0 aliphatic heterocycles. The molecule has 2 heteroatoms. The lowest BCUT2D eigenvalue weighted by atomic mass is 9.71. The van der Waals surface area contributed by atoms with Gasteiger partial charge in [0.25, 0.3) is 0 Å². The first kappa shape index (κ1) is 14.0. The van der Waals surface area contributed by atoms with Crippen molar-refractivity contribution in [2.75, 3.05) is 0 Å². The zero-order valence-electron chi connectivity index (χ0n) is 11.5. The predicted octanol–water partition coefficient (Wildman–Crippen LogP) is 3.38. The maximum Gasteiger partial charge on any atom is 0.0622 e. The first-order valence-electron chi connectivity index (χ1n) is 6.72. The van der Waals surface area contributed by atoms with Crippen molar-refractivity contribution in [1.82, 2.24) is 0 Å². The van der Waals surface area contributed by atoms with E-state index in [2.05, 4.69) is 20.8 Å². The van der Waals surface area contributed by atoms with Crippen LogP contribution in [-0.4, -0.2) is 22.9 Å². The van der Waals surface area contributed by atoms with Gasteiger partial charge in [-0.15, -0.1) is 0 Å². The molecule has 1 N–H and O–H groups in total. The van der Waals surface area contributed by atoms with Crippen molar-refractivity contribution in [3.8, 4) is 0 Å². The number of aliphatic hydroxyl groups is 1. The minimum absolute atomic E-state index is 0.371. The largest absolute Gasteiger partial charge is 0.390 e. The van der Waals surface area contributed by atoms with Gasteiger partial charge in [0.1, 0.15) is 0 Å². The molecule has 1 fully saturated rings. The van der Waals surface area contributed by atoms with Crippen LogP contribution in [-0.2, 0) is 4.74 Å². The summed E-state index contributed by atoms with van der Waals surface area (Å²) in [6.45, 7) is 10.4. The first-order chi connectivity index (χ1) is 7.34. The van der Waals surface area contributed by atoms with Gasteiger partial charge in [0.2, 0.25) is 0 Å². The molecular weight excluding hydrogens is 200 g/mol. The quantitative estimate of drug-likeness (QED) is 0.799. The van der Waals surface area contributed by atoms with Crippen molar-refractivity contribution >= 4 is 0 Å². The molecule has 1 rings (SSSR count). The SMILES string of the molecule is CCC(C)OC1CCC(C(C)(C)O)C(C)C1. The van der Waals surface area contributed by atoms with Crippen molar-refractivity contribution in [3.05, 3.63) is 0 Å². The Bertz CT molecular complexity index is 207. The number of ether oxygens (including phenoxy) is 1. The summed E-state index contributed by atoms with van der Waals surface area (Å²) in [4.78, 5) is 0. The molecule has 2 nitrogen and oxygen atoms in total. The van der Waals surface area contributed by atoms with Gasteiger partial charge in [-0.05, 0) is 58.3 Å². The molecule has 0 heterocycles. The van der Waals surface area contributed by atoms with E-state index in [4.69, 9.17) is 4.74 Å². The Kier molecular flexibility index (Phi) is 4.81. The molecule has 0 saturated heterocycles. The third-order valence-electron chi connectivity index (χ3n) is 4.03.